The van der Waals surface area contributed by atoms with Crippen molar-refractivity contribution in [2.45, 2.75) is 6.92 Å². The number of rotatable bonds is 5. The van der Waals surface area contributed by atoms with Gasteiger partial charge in [0, 0.05) is 0 Å². The number of hydrogen-bond donors (Lipinski definition) is 0. The van der Waals surface area contributed by atoms with E-state index in [2.05, 4.69) is 0 Å². The quantitative estimate of drug-likeness (QED) is 0.368. The average Bonchev–Trinajstić information content (AvgIpc) is 2.67. The monoisotopic (exact) mass is 407 g/mol. The fraction of sp³-hybridized carbons (Fsp3) is 0.0476. The second kappa shape index (κ2) is 7.59. The Bertz CT molecular complexity index is 864. The van der Waals surface area contributed by atoms with E-state index < -0.39 is 23.8 Å². The predicted molar refractivity (Wildman–Crippen MR) is 107 cm³/mol. The fourth-order valence-electron chi connectivity index (χ4n) is 3.26. The first-order valence-electron chi connectivity index (χ1n) is 8.17. The summed E-state index contributed by atoms with van der Waals surface area (Å²) in [7, 11) is 0. The van der Waals surface area contributed by atoms with Crippen LogP contribution in [0.5, 0.6) is 0 Å². The van der Waals surface area contributed by atoms with Gasteiger partial charge in [-0.25, -0.2) is 0 Å². The summed E-state index contributed by atoms with van der Waals surface area (Å²) >= 11 is -3.79. The van der Waals surface area contributed by atoms with Crippen molar-refractivity contribution in [3.63, 3.8) is 0 Å². The molecule has 4 nitrogen and oxygen atoms in total. The van der Waals surface area contributed by atoms with Gasteiger partial charge < -0.3 is 0 Å². The maximum atomic E-state index is 12.5. The van der Waals surface area contributed by atoms with Gasteiger partial charge in [0.2, 0.25) is 0 Å². The molecule has 3 aromatic carbocycles. The molecule has 130 valence electrons. The number of ketones is 1. The number of nitro groups is 1. The van der Waals surface area contributed by atoms with Gasteiger partial charge in [0.25, 0.3) is 0 Å². The topological polar surface area (TPSA) is 60.2 Å². The Kier molecular flexibility index (Phi) is 5.24. The van der Waals surface area contributed by atoms with Gasteiger partial charge in [-0.3, -0.25) is 0 Å². The summed E-state index contributed by atoms with van der Waals surface area (Å²) in [4.78, 5) is 24.1. The summed E-state index contributed by atoms with van der Waals surface area (Å²) in [6.45, 7) is 1.29. The molecule has 0 saturated carbocycles. The van der Waals surface area contributed by atoms with E-state index >= 15 is 0 Å². The van der Waals surface area contributed by atoms with Gasteiger partial charge in [-0.15, -0.1) is 0 Å². The summed E-state index contributed by atoms with van der Waals surface area (Å²) in [5, 5.41) is 12.1. The Labute approximate surface area is 154 Å². The number of carbonyl (C=O) groups excluding carboxylic acids is 1. The van der Waals surface area contributed by atoms with Gasteiger partial charge >= 0.3 is 154 Å². The first-order chi connectivity index (χ1) is 12.6. The molecule has 0 fully saturated rings. The van der Waals surface area contributed by atoms with Crippen LogP contribution in [0.2, 0.25) is 0 Å². The average molecular weight is 407 g/mol. The first kappa shape index (κ1) is 18.0. The van der Waals surface area contributed by atoms with Gasteiger partial charge in [-0.1, -0.05) is 0 Å². The second-order valence-electron chi connectivity index (χ2n) is 5.81. The SMILES string of the molecule is CC(=O)C([N+](=O)[O-])=[As](c1ccccc1)(c1ccccc1)c1ccccc1. The van der Waals surface area contributed by atoms with Crippen molar-refractivity contribution in [1.29, 1.82) is 0 Å². The van der Waals surface area contributed by atoms with Crippen LogP contribution in [-0.2, 0) is 4.79 Å². The van der Waals surface area contributed by atoms with Crippen molar-refractivity contribution < 1.29 is 9.72 Å². The minimum atomic E-state index is -3.79. The summed E-state index contributed by atoms with van der Waals surface area (Å²) < 4.78 is 2.37. The number of hydrogen-bond acceptors (Lipinski definition) is 3. The Morgan fingerprint density at radius 1 is 0.731 bits per heavy atom. The van der Waals surface area contributed by atoms with Gasteiger partial charge in [-0.05, 0) is 0 Å². The molecule has 0 unspecified atom stereocenters. The van der Waals surface area contributed by atoms with Gasteiger partial charge in [-0.2, -0.15) is 0 Å². The van der Waals surface area contributed by atoms with E-state index in [1.54, 1.807) is 0 Å². The van der Waals surface area contributed by atoms with Crippen LogP contribution in [-0.4, -0.2) is 28.2 Å². The molecule has 0 radical (unpaired) electrons. The van der Waals surface area contributed by atoms with Crippen LogP contribution >= 0.6 is 0 Å². The summed E-state index contributed by atoms with van der Waals surface area (Å²) in [5.74, 6) is -0.487. The summed E-state index contributed by atoms with van der Waals surface area (Å²) in [6.07, 6.45) is 0. The first-order valence-corrected chi connectivity index (χ1v) is 11.9. The van der Waals surface area contributed by atoms with E-state index in [1.165, 1.54) is 6.92 Å². The molecule has 0 atom stereocenters. The zero-order valence-electron chi connectivity index (χ0n) is 14.3. The maximum absolute atomic E-state index is 12.5. The molecule has 0 aliphatic carbocycles. The van der Waals surface area contributed by atoms with Crippen LogP contribution in [0.1, 0.15) is 6.92 Å². The van der Waals surface area contributed by atoms with E-state index in [0.29, 0.717) is 0 Å². The molecule has 0 aromatic heterocycles. The van der Waals surface area contributed by atoms with Crippen LogP contribution in [0.15, 0.2) is 91.0 Å². The van der Waals surface area contributed by atoms with Crippen molar-refractivity contribution in [3.8, 4) is 0 Å². The van der Waals surface area contributed by atoms with E-state index in [4.69, 9.17) is 0 Å². The van der Waals surface area contributed by atoms with Crippen molar-refractivity contribution in [2.75, 3.05) is 0 Å². The van der Waals surface area contributed by atoms with Crippen LogP contribution in [0, 0.1) is 10.1 Å². The summed E-state index contributed by atoms with van der Waals surface area (Å²) in [5.41, 5.74) is 0. The molecule has 0 saturated heterocycles. The Morgan fingerprint density at radius 2 is 1.04 bits per heavy atom. The fourth-order valence-corrected chi connectivity index (χ4v) is 12.1. The molecular formula is C21H18AsNO3. The summed E-state index contributed by atoms with van der Waals surface area (Å²) in [6, 6.07) is 28.3. The standard InChI is InChI=1S/C21H18AsNO3/c1-17(24)21(23(25)26)22(18-11-5-2-6-12-18,19-13-7-3-8-14-19)20-15-9-4-10-16-20/h2-16H,1H3. The van der Waals surface area contributed by atoms with E-state index in [9.17, 15) is 14.9 Å². The van der Waals surface area contributed by atoms with Crippen LogP contribution in [0.4, 0.5) is 0 Å². The molecule has 0 N–H and O–H groups in total. The van der Waals surface area contributed by atoms with Crippen LogP contribution in [0.3, 0.4) is 0 Å². The zero-order valence-corrected chi connectivity index (χ0v) is 16.2. The normalized spacial score (nSPS) is 11.0. The molecule has 0 aliphatic heterocycles. The molecule has 3 aromatic rings. The third-order valence-corrected chi connectivity index (χ3v) is 13.3. The molecule has 26 heavy (non-hydrogen) atoms. The van der Waals surface area contributed by atoms with Crippen molar-refractivity contribution >= 4 is 36.4 Å². The molecule has 3 rings (SSSR count). The third-order valence-electron chi connectivity index (χ3n) is 4.24. The zero-order chi connectivity index (χ0) is 18.6. The van der Waals surface area contributed by atoms with Crippen molar-refractivity contribution in [2.24, 2.45) is 0 Å². The number of Topliss-reactive ketones (excluding diaryl/α,β-unsaturated/α-hetero) is 1. The predicted octanol–water partition coefficient (Wildman–Crippen LogP) is 1.73. The molecular weight excluding hydrogens is 389 g/mol. The third kappa shape index (κ3) is 3.04. The number of nitrogens with zero attached hydrogens (tertiary/aromatic N) is 1. The van der Waals surface area contributed by atoms with Gasteiger partial charge in [0.15, 0.2) is 0 Å². The van der Waals surface area contributed by atoms with Crippen LogP contribution in [0.25, 0.3) is 0 Å². The van der Waals surface area contributed by atoms with E-state index in [0.717, 1.165) is 13.1 Å². The number of benzene rings is 3. The van der Waals surface area contributed by atoms with E-state index in [-0.39, 0.29) is 4.43 Å². The Hall–Kier alpha value is -2.84. The molecule has 5 heteroatoms. The Morgan fingerprint density at radius 3 is 1.27 bits per heavy atom. The molecule has 0 aliphatic rings. The van der Waals surface area contributed by atoms with E-state index in [1.807, 2.05) is 91.0 Å². The molecule has 0 amide bonds. The number of carbonyl (C=O) groups is 1. The van der Waals surface area contributed by atoms with Crippen molar-refractivity contribution in [1.82, 2.24) is 0 Å². The molecule has 0 heterocycles. The van der Waals surface area contributed by atoms with Crippen molar-refractivity contribution in [3.05, 3.63) is 101 Å². The van der Waals surface area contributed by atoms with Gasteiger partial charge in [0.05, 0.1) is 0 Å². The molecule has 0 spiro atoms. The molecule has 0 bridgehead atoms. The van der Waals surface area contributed by atoms with Crippen LogP contribution < -0.4 is 13.1 Å². The van der Waals surface area contributed by atoms with Gasteiger partial charge in [0.1, 0.15) is 0 Å². The second-order valence-corrected chi connectivity index (χ2v) is 12.8. The Balaban J connectivity index is 2.64. The minimum absolute atomic E-state index is 0.188.